The van der Waals surface area contributed by atoms with Crippen molar-refractivity contribution >= 4 is 5.90 Å². The van der Waals surface area contributed by atoms with Crippen LogP contribution in [0, 0.1) is 5.92 Å². The summed E-state index contributed by atoms with van der Waals surface area (Å²) in [6.45, 7) is 2.07. The summed E-state index contributed by atoms with van der Waals surface area (Å²) in [4.78, 5) is 3.19. The highest BCUT2D eigenvalue weighted by atomic mass is 16.3. The lowest BCUT2D eigenvalue weighted by atomic mass is 9.96. The average Bonchev–Trinajstić information content (AvgIpc) is 2.62. The summed E-state index contributed by atoms with van der Waals surface area (Å²) in [5.41, 5.74) is 0.344. The zero-order valence-corrected chi connectivity index (χ0v) is 6.35. The van der Waals surface area contributed by atoms with E-state index in [0.29, 0.717) is 17.4 Å². The van der Waals surface area contributed by atoms with Crippen LogP contribution in [0.5, 0.6) is 0 Å². The number of hydrogen-bond donors (Lipinski definition) is 2. The summed E-state index contributed by atoms with van der Waals surface area (Å²) in [6.07, 6.45) is 4.91. The van der Waals surface area contributed by atoms with Gasteiger partial charge in [0.2, 0.25) is 0 Å². The van der Waals surface area contributed by atoms with Gasteiger partial charge in [-0.3, -0.25) is 0 Å². The molecule has 1 heterocycles. The van der Waals surface area contributed by atoms with Crippen LogP contribution in [-0.4, -0.2) is 16.5 Å². The normalized spacial score (nSPS) is 35.7. The second kappa shape index (κ2) is 1.74. The molecule has 1 spiro atoms. The molecule has 1 aliphatic heterocycles. The monoisotopic (exact) mass is 140 g/mol. The van der Waals surface area contributed by atoms with Crippen LogP contribution in [0.1, 0.15) is 32.6 Å². The molecule has 0 amide bonds. The molecular formula is C8H14NO+. The highest BCUT2D eigenvalue weighted by Gasteiger charge is 2.51. The van der Waals surface area contributed by atoms with Crippen molar-refractivity contribution < 1.29 is 10.1 Å². The van der Waals surface area contributed by atoms with E-state index in [1.54, 1.807) is 0 Å². The Morgan fingerprint density at radius 3 is 2.70 bits per heavy atom. The molecule has 2 nitrogen and oxygen atoms in total. The van der Waals surface area contributed by atoms with Gasteiger partial charge in [0, 0.05) is 19.3 Å². The molecule has 2 aliphatic rings. The molecule has 1 saturated carbocycles. The van der Waals surface area contributed by atoms with Gasteiger partial charge in [-0.25, -0.2) is 4.99 Å². The summed E-state index contributed by atoms with van der Waals surface area (Å²) in [7, 11) is 0. The van der Waals surface area contributed by atoms with Crippen LogP contribution in [0.15, 0.2) is 0 Å². The molecule has 0 saturated heterocycles. The Bertz CT molecular complexity index is 182. The van der Waals surface area contributed by atoms with Crippen LogP contribution in [0.3, 0.4) is 0 Å². The SMILES string of the molecule is CC1CCC2(CC2)[NH+]=C1O. The summed E-state index contributed by atoms with van der Waals surface area (Å²) >= 11 is 0. The van der Waals surface area contributed by atoms with E-state index in [9.17, 15) is 5.11 Å². The maximum Gasteiger partial charge on any atom is 0.335 e. The second-order valence-corrected chi connectivity index (χ2v) is 3.73. The first-order chi connectivity index (χ1) is 4.72. The van der Waals surface area contributed by atoms with E-state index < -0.39 is 0 Å². The molecule has 1 fully saturated rings. The second-order valence-electron chi connectivity index (χ2n) is 3.73. The van der Waals surface area contributed by atoms with Gasteiger partial charge in [0.05, 0.1) is 5.92 Å². The maximum atomic E-state index is 9.36. The minimum atomic E-state index is 0.344. The van der Waals surface area contributed by atoms with Gasteiger partial charge in [-0.05, 0) is 13.3 Å². The molecule has 56 valence electrons. The lowest BCUT2D eigenvalue weighted by Gasteiger charge is -2.14. The molecule has 1 unspecified atom stereocenters. The van der Waals surface area contributed by atoms with E-state index in [4.69, 9.17) is 0 Å². The van der Waals surface area contributed by atoms with Gasteiger partial charge in [-0.15, -0.1) is 0 Å². The predicted molar refractivity (Wildman–Crippen MR) is 39.0 cm³/mol. The molecule has 2 heteroatoms. The Kier molecular flexibility index (Phi) is 1.08. The van der Waals surface area contributed by atoms with Crippen molar-refractivity contribution in [2.24, 2.45) is 5.92 Å². The molecule has 1 aliphatic carbocycles. The van der Waals surface area contributed by atoms with E-state index in [-0.39, 0.29) is 0 Å². The Balaban J connectivity index is 2.19. The fraction of sp³-hybridized carbons (Fsp3) is 0.875. The molecule has 0 aromatic heterocycles. The van der Waals surface area contributed by atoms with Crippen LogP contribution in [0.4, 0.5) is 0 Å². The van der Waals surface area contributed by atoms with Crippen LogP contribution < -0.4 is 4.99 Å². The fourth-order valence-corrected chi connectivity index (χ4v) is 1.61. The van der Waals surface area contributed by atoms with Crippen molar-refractivity contribution in [2.75, 3.05) is 0 Å². The number of hydrogen-bond acceptors (Lipinski definition) is 0. The molecule has 0 radical (unpaired) electrons. The number of aliphatic hydroxyl groups is 1. The van der Waals surface area contributed by atoms with Crippen LogP contribution >= 0.6 is 0 Å². The Morgan fingerprint density at radius 2 is 2.20 bits per heavy atom. The van der Waals surface area contributed by atoms with Gasteiger partial charge in [-0.2, -0.15) is 0 Å². The molecular weight excluding hydrogens is 126 g/mol. The van der Waals surface area contributed by atoms with Crippen LogP contribution in [0.2, 0.25) is 0 Å². The van der Waals surface area contributed by atoms with Crippen molar-refractivity contribution in [1.29, 1.82) is 0 Å². The smallest absolute Gasteiger partial charge is 0.335 e. The third-order valence-corrected chi connectivity index (χ3v) is 2.77. The average molecular weight is 140 g/mol. The third kappa shape index (κ3) is 0.825. The molecule has 0 aromatic carbocycles. The zero-order chi connectivity index (χ0) is 7.19. The Morgan fingerprint density at radius 1 is 1.50 bits per heavy atom. The molecule has 2 N–H and O–H groups in total. The number of rotatable bonds is 0. The molecule has 1 atom stereocenters. The zero-order valence-electron chi connectivity index (χ0n) is 6.35. The van der Waals surface area contributed by atoms with Gasteiger partial charge in [0.25, 0.3) is 0 Å². The summed E-state index contributed by atoms with van der Waals surface area (Å²) in [6, 6.07) is 0. The lowest BCUT2D eigenvalue weighted by Crippen LogP contribution is -2.84. The Labute approximate surface area is 61.0 Å². The minimum absolute atomic E-state index is 0.344. The lowest BCUT2D eigenvalue weighted by molar-refractivity contribution is -0.538. The van der Waals surface area contributed by atoms with E-state index in [1.807, 2.05) is 0 Å². The Hall–Kier alpha value is -0.530. The first kappa shape index (κ1) is 6.20. The van der Waals surface area contributed by atoms with Gasteiger partial charge in [0.1, 0.15) is 0 Å². The third-order valence-electron chi connectivity index (χ3n) is 2.77. The van der Waals surface area contributed by atoms with E-state index in [1.165, 1.54) is 19.3 Å². The maximum absolute atomic E-state index is 9.36. The van der Waals surface area contributed by atoms with Crippen LogP contribution in [0.25, 0.3) is 0 Å². The highest BCUT2D eigenvalue weighted by molar-refractivity contribution is 5.70. The van der Waals surface area contributed by atoms with Crippen molar-refractivity contribution in [3.8, 4) is 0 Å². The van der Waals surface area contributed by atoms with Gasteiger partial charge < -0.3 is 5.11 Å². The molecule has 0 aromatic rings. The van der Waals surface area contributed by atoms with Gasteiger partial charge in [-0.1, -0.05) is 0 Å². The first-order valence-electron chi connectivity index (χ1n) is 4.06. The van der Waals surface area contributed by atoms with E-state index in [0.717, 1.165) is 6.42 Å². The van der Waals surface area contributed by atoms with Gasteiger partial charge in [0.15, 0.2) is 5.54 Å². The van der Waals surface area contributed by atoms with Crippen molar-refractivity contribution in [3.05, 3.63) is 0 Å². The standard InChI is InChI=1S/C8H13NO/c1-6-2-3-8(4-5-8)9-7(6)10/h6H,2-5H2,1H3,(H,9,10)/p+1. The minimum Gasteiger partial charge on any atom is -0.463 e. The summed E-state index contributed by atoms with van der Waals surface area (Å²) in [5.74, 6) is 0.884. The number of aliphatic hydroxyl groups excluding tert-OH is 1. The first-order valence-corrected chi connectivity index (χ1v) is 4.06. The summed E-state index contributed by atoms with van der Waals surface area (Å²) in [5, 5.41) is 9.36. The van der Waals surface area contributed by atoms with Crippen molar-refractivity contribution in [1.82, 2.24) is 0 Å². The summed E-state index contributed by atoms with van der Waals surface area (Å²) < 4.78 is 0. The predicted octanol–water partition coefficient (Wildman–Crippen LogP) is -0.0140. The van der Waals surface area contributed by atoms with E-state index in [2.05, 4.69) is 11.9 Å². The highest BCUT2D eigenvalue weighted by Crippen LogP contribution is 2.37. The number of nitrogens with one attached hydrogen (secondary N) is 1. The largest absolute Gasteiger partial charge is 0.463 e. The van der Waals surface area contributed by atoms with Gasteiger partial charge >= 0.3 is 5.90 Å². The van der Waals surface area contributed by atoms with Crippen molar-refractivity contribution in [2.45, 2.75) is 38.1 Å². The van der Waals surface area contributed by atoms with Crippen LogP contribution in [-0.2, 0) is 0 Å². The fourth-order valence-electron chi connectivity index (χ4n) is 1.61. The molecule has 10 heavy (non-hydrogen) atoms. The molecule has 2 rings (SSSR count). The molecule has 0 bridgehead atoms. The van der Waals surface area contributed by atoms with Crippen molar-refractivity contribution in [3.63, 3.8) is 0 Å². The van der Waals surface area contributed by atoms with E-state index >= 15 is 0 Å². The quantitative estimate of drug-likeness (QED) is 0.487. The topological polar surface area (TPSA) is 34.2 Å².